The van der Waals surface area contributed by atoms with Crippen molar-refractivity contribution in [3.05, 3.63) is 46.3 Å². The van der Waals surface area contributed by atoms with Crippen LogP contribution in [0.1, 0.15) is 24.6 Å². The summed E-state index contributed by atoms with van der Waals surface area (Å²) < 4.78 is 12.6. The Hall–Kier alpha value is -2.07. The van der Waals surface area contributed by atoms with Crippen molar-refractivity contribution >= 4 is 54.4 Å². The molecule has 0 amide bonds. The Morgan fingerprint density at radius 2 is 2.09 bits per heavy atom. The molecule has 32 heavy (non-hydrogen) atoms. The van der Waals surface area contributed by atoms with E-state index in [2.05, 4.69) is 20.4 Å². The number of ether oxygens (including phenoxy) is 2. The first-order chi connectivity index (χ1) is 15.4. The van der Waals surface area contributed by atoms with E-state index in [1.165, 1.54) is 0 Å². The molecule has 1 aromatic carbocycles. The summed E-state index contributed by atoms with van der Waals surface area (Å²) in [6, 6.07) is 7.50. The van der Waals surface area contributed by atoms with Crippen molar-refractivity contribution in [1.29, 1.82) is 0 Å². The number of carbonyl (C=O) groups is 1. The van der Waals surface area contributed by atoms with Gasteiger partial charge in [-0.05, 0) is 36.1 Å². The van der Waals surface area contributed by atoms with Gasteiger partial charge in [0.2, 0.25) is 5.28 Å². The van der Waals surface area contributed by atoms with Gasteiger partial charge in [0.1, 0.15) is 18.6 Å². The second-order valence-electron chi connectivity index (χ2n) is 7.12. The average Bonchev–Trinajstić information content (AvgIpc) is 3.37. The van der Waals surface area contributed by atoms with E-state index in [1.54, 1.807) is 10.9 Å². The number of benzene rings is 1. The summed E-state index contributed by atoms with van der Waals surface area (Å²) in [6.45, 7) is 0.475. The quantitative estimate of drug-likeness (QED) is 0.242. The van der Waals surface area contributed by atoms with Gasteiger partial charge in [-0.15, -0.1) is 0 Å². The number of nitrogens with one attached hydrogen (secondary N) is 1. The number of fused-ring (bicyclic) bond motifs is 1. The molecule has 2 aromatic heterocycles. The number of esters is 1. The molecule has 1 aliphatic rings. The highest BCUT2D eigenvalue weighted by molar-refractivity contribution is 7.46. The van der Waals surface area contributed by atoms with E-state index in [1.807, 2.05) is 24.3 Å². The topological polar surface area (TPSA) is 132 Å². The predicted octanol–water partition coefficient (Wildman–Crippen LogP) is 3.26. The summed E-state index contributed by atoms with van der Waals surface area (Å²) in [4.78, 5) is 37.9. The van der Waals surface area contributed by atoms with Crippen LogP contribution in [0.5, 0.6) is 0 Å². The molecule has 3 heterocycles. The van der Waals surface area contributed by atoms with Crippen molar-refractivity contribution in [1.82, 2.24) is 19.7 Å². The molecular formula is C19H20Cl2N5O5P. The van der Waals surface area contributed by atoms with E-state index in [0.717, 1.165) is 5.56 Å². The van der Waals surface area contributed by atoms with Crippen LogP contribution in [0.4, 0.5) is 5.82 Å². The largest absolute Gasteiger partial charge is 0.463 e. The fourth-order valence-electron chi connectivity index (χ4n) is 3.40. The Bertz CT molecular complexity index is 1110. The minimum absolute atomic E-state index is 0.0259. The average molecular weight is 500 g/mol. The molecule has 0 aliphatic carbocycles. The van der Waals surface area contributed by atoms with Crippen molar-refractivity contribution in [3.63, 3.8) is 0 Å². The van der Waals surface area contributed by atoms with Gasteiger partial charge in [-0.25, -0.2) is 4.68 Å². The maximum atomic E-state index is 11.5. The third kappa shape index (κ3) is 5.46. The molecule has 0 bridgehead atoms. The van der Waals surface area contributed by atoms with Gasteiger partial charge < -0.3 is 24.6 Å². The van der Waals surface area contributed by atoms with Crippen LogP contribution in [0, 0.1) is 0 Å². The minimum atomic E-state index is -2.32. The van der Waals surface area contributed by atoms with Gasteiger partial charge in [0, 0.05) is 11.6 Å². The van der Waals surface area contributed by atoms with Crippen LogP contribution in [-0.4, -0.2) is 54.4 Å². The van der Waals surface area contributed by atoms with Crippen LogP contribution in [0.3, 0.4) is 0 Å². The van der Waals surface area contributed by atoms with Crippen LogP contribution in [0.15, 0.2) is 30.5 Å². The summed E-state index contributed by atoms with van der Waals surface area (Å²) in [7, 11) is -2.32. The third-order valence-corrected chi connectivity index (χ3v) is 5.97. The van der Waals surface area contributed by atoms with E-state index >= 15 is 0 Å². The lowest BCUT2D eigenvalue weighted by molar-refractivity contribution is -0.145. The second kappa shape index (κ2) is 10.2. The Morgan fingerprint density at radius 1 is 1.28 bits per heavy atom. The molecule has 0 radical (unpaired) electrons. The van der Waals surface area contributed by atoms with Crippen LogP contribution in [-0.2, 0) is 20.8 Å². The highest BCUT2D eigenvalue weighted by Gasteiger charge is 2.30. The molecule has 3 aromatic rings. The second-order valence-corrected chi connectivity index (χ2v) is 8.92. The lowest BCUT2D eigenvalue weighted by Gasteiger charge is -2.15. The van der Waals surface area contributed by atoms with Gasteiger partial charge >= 0.3 is 5.97 Å². The standard InChI is InChI=1S/C19H20Cl2N5O5P/c20-14-4-2-1-3-11(14)7-22-17-13-8-23-26(18(13)25-19(21)24-17)15-6-5-12(31-15)9-30-16(27)10-32(28)29/h1-4,8,12,15,28-29H,5-7,9-10H2,(H,22,24,25). The molecule has 2 atom stereocenters. The summed E-state index contributed by atoms with van der Waals surface area (Å²) in [5.74, 6) is -0.148. The number of hydrogen-bond donors (Lipinski definition) is 3. The molecule has 1 saturated heterocycles. The molecule has 1 fully saturated rings. The van der Waals surface area contributed by atoms with Crippen LogP contribution in [0.2, 0.25) is 10.3 Å². The van der Waals surface area contributed by atoms with E-state index in [4.69, 9.17) is 42.5 Å². The maximum Gasteiger partial charge on any atom is 0.314 e. The molecule has 4 rings (SSSR count). The molecule has 1 aliphatic heterocycles. The van der Waals surface area contributed by atoms with E-state index < -0.39 is 26.7 Å². The third-order valence-electron chi connectivity index (χ3n) is 4.89. The van der Waals surface area contributed by atoms with Crippen LogP contribution in [0.25, 0.3) is 11.0 Å². The van der Waals surface area contributed by atoms with E-state index in [9.17, 15) is 4.79 Å². The summed E-state index contributed by atoms with van der Waals surface area (Å²) in [5.41, 5.74) is 1.43. The summed E-state index contributed by atoms with van der Waals surface area (Å²) >= 11 is 12.4. The molecule has 170 valence electrons. The number of carbonyl (C=O) groups excluding carboxylic acids is 1. The minimum Gasteiger partial charge on any atom is -0.463 e. The number of anilines is 1. The van der Waals surface area contributed by atoms with Crippen molar-refractivity contribution in [2.24, 2.45) is 0 Å². The highest BCUT2D eigenvalue weighted by Crippen LogP contribution is 2.32. The van der Waals surface area contributed by atoms with Crippen LogP contribution >= 0.6 is 31.6 Å². The Kier molecular flexibility index (Phi) is 7.40. The normalized spacial score (nSPS) is 18.4. The smallest absolute Gasteiger partial charge is 0.314 e. The zero-order valence-electron chi connectivity index (χ0n) is 16.7. The zero-order valence-corrected chi connectivity index (χ0v) is 19.1. The van der Waals surface area contributed by atoms with Gasteiger partial charge in [0.15, 0.2) is 20.3 Å². The van der Waals surface area contributed by atoms with E-state index in [0.29, 0.717) is 41.3 Å². The van der Waals surface area contributed by atoms with Gasteiger partial charge in [0.05, 0.1) is 17.7 Å². The fraction of sp³-hybridized carbons (Fsp3) is 0.368. The maximum absolute atomic E-state index is 11.5. The molecule has 0 spiro atoms. The predicted molar refractivity (Wildman–Crippen MR) is 119 cm³/mol. The summed E-state index contributed by atoms with van der Waals surface area (Å²) in [6.07, 6.45) is 1.75. The highest BCUT2D eigenvalue weighted by atomic mass is 35.5. The molecule has 10 nitrogen and oxygen atoms in total. The van der Waals surface area contributed by atoms with Crippen molar-refractivity contribution in [3.8, 4) is 0 Å². The molecular weight excluding hydrogens is 480 g/mol. The number of rotatable bonds is 8. The van der Waals surface area contributed by atoms with Gasteiger partial charge in [-0.3, -0.25) is 4.79 Å². The number of nitrogens with zero attached hydrogens (tertiary/aromatic N) is 4. The first kappa shape index (κ1) is 23.1. The fourth-order valence-corrected chi connectivity index (χ4v) is 4.09. The molecule has 3 N–H and O–H groups in total. The lowest BCUT2D eigenvalue weighted by atomic mass is 10.2. The van der Waals surface area contributed by atoms with Crippen molar-refractivity contribution < 1.29 is 24.1 Å². The molecule has 0 saturated carbocycles. The molecule has 13 heteroatoms. The number of hydrogen-bond acceptors (Lipinski definition) is 9. The SMILES string of the molecule is O=C(CP(O)O)OCC1CCC(n2ncc3c(NCc4ccccc4Cl)nc(Cl)nc32)O1. The number of halogens is 2. The Morgan fingerprint density at radius 3 is 2.88 bits per heavy atom. The van der Waals surface area contributed by atoms with Crippen molar-refractivity contribution in [2.75, 3.05) is 18.1 Å². The Labute approximate surface area is 194 Å². The van der Waals surface area contributed by atoms with Crippen molar-refractivity contribution in [2.45, 2.75) is 31.7 Å². The zero-order chi connectivity index (χ0) is 22.7. The number of aromatic nitrogens is 4. The first-order valence-corrected chi connectivity index (χ1v) is 11.9. The van der Waals surface area contributed by atoms with Gasteiger partial charge in [-0.1, -0.05) is 29.8 Å². The van der Waals surface area contributed by atoms with E-state index in [-0.39, 0.29) is 18.0 Å². The Balaban J connectivity index is 1.45. The monoisotopic (exact) mass is 499 g/mol. The van der Waals surface area contributed by atoms with Gasteiger partial charge in [-0.2, -0.15) is 15.1 Å². The lowest BCUT2D eigenvalue weighted by Crippen LogP contribution is -2.21. The molecule has 2 unspecified atom stereocenters. The summed E-state index contributed by atoms with van der Waals surface area (Å²) in [5, 5.41) is 9.04. The van der Waals surface area contributed by atoms with Gasteiger partial charge in [0.25, 0.3) is 0 Å². The first-order valence-electron chi connectivity index (χ1n) is 9.75. The van der Waals surface area contributed by atoms with Crippen LogP contribution < -0.4 is 5.32 Å².